The lowest BCUT2D eigenvalue weighted by Crippen LogP contribution is -2.47. The van der Waals surface area contributed by atoms with Crippen LogP contribution in [0.25, 0.3) is 0 Å². The molecule has 0 aliphatic carbocycles. The van der Waals surface area contributed by atoms with Crippen LogP contribution in [0.5, 0.6) is 0 Å². The zero-order valence-electron chi connectivity index (χ0n) is 16.7. The number of nitrogens with zero attached hydrogens (tertiary/aromatic N) is 1. The van der Waals surface area contributed by atoms with E-state index >= 15 is 0 Å². The summed E-state index contributed by atoms with van der Waals surface area (Å²) in [5.74, 6) is 0.517. The van der Waals surface area contributed by atoms with Crippen molar-refractivity contribution in [3.63, 3.8) is 0 Å². The Hall–Kier alpha value is -2.42. The molecule has 1 aliphatic rings. The van der Waals surface area contributed by atoms with E-state index in [1.807, 2.05) is 0 Å². The molecule has 28 heavy (non-hydrogen) atoms. The maximum Gasteiger partial charge on any atom is 0.0234 e. The van der Waals surface area contributed by atoms with Gasteiger partial charge >= 0.3 is 0 Å². The van der Waals surface area contributed by atoms with E-state index in [9.17, 15) is 0 Å². The first kappa shape index (κ1) is 18.9. The second-order valence-electron chi connectivity index (χ2n) is 8.00. The molecule has 0 spiro atoms. The molecule has 0 amide bonds. The summed E-state index contributed by atoms with van der Waals surface area (Å²) in [5.41, 5.74) is 5.55. The third kappa shape index (κ3) is 4.89. The normalized spacial score (nSPS) is 20.2. The van der Waals surface area contributed by atoms with Crippen LogP contribution in [0.4, 0.5) is 0 Å². The van der Waals surface area contributed by atoms with Gasteiger partial charge in [-0.05, 0) is 30.0 Å². The largest absolute Gasteiger partial charge is 0.309 e. The van der Waals surface area contributed by atoms with Crippen molar-refractivity contribution in [3.8, 4) is 0 Å². The monoisotopic (exact) mass is 370 g/mol. The highest BCUT2D eigenvalue weighted by molar-refractivity contribution is 5.25. The molecule has 0 saturated carbocycles. The number of benzene rings is 3. The molecule has 0 radical (unpaired) electrons. The van der Waals surface area contributed by atoms with Gasteiger partial charge in [-0.1, -0.05) is 90.5 Å². The highest BCUT2D eigenvalue weighted by Crippen LogP contribution is 2.28. The standard InChI is InChI=1S/C26H30N2/c1-21-9-8-12-23(17-21)18-27-26-15-16-28(19-22-10-4-2-5-11-22)20-25(26)24-13-6-3-7-14-24/h2-14,17,25-27H,15-16,18-20H2,1H3/t25-,26-/m1/s1. The molecule has 1 saturated heterocycles. The van der Waals surface area contributed by atoms with Gasteiger partial charge in [-0.25, -0.2) is 0 Å². The molecule has 2 heteroatoms. The summed E-state index contributed by atoms with van der Waals surface area (Å²) < 4.78 is 0. The van der Waals surface area contributed by atoms with Gasteiger partial charge in [0.1, 0.15) is 0 Å². The summed E-state index contributed by atoms with van der Waals surface area (Å²) in [5, 5.41) is 3.87. The second kappa shape index (κ2) is 9.18. The number of hydrogen-bond acceptors (Lipinski definition) is 2. The number of nitrogens with one attached hydrogen (secondary N) is 1. The van der Waals surface area contributed by atoms with Gasteiger partial charge in [0.2, 0.25) is 0 Å². The van der Waals surface area contributed by atoms with E-state index in [2.05, 4.69) is 102 Å². The van der Waals surface area contributed by atoms with Gasteiger partial charge in [-0.3, -0.25) is 4.90 Å². The van der Waals surface area contributed by atoms with Crippen molar-refractivity contribution in [2.75, 3.05) is 13.1 Å². The first-order valence-corrected chi connectivity index (χ1v) is 10.4. The van der Waals surface area contributed by atoms with Crippen LogP contribution in [0.2, 0.25) is 0 Å². The van der Waals surface area contributed by atoms with Gasteiger partial charge < -0.3 is 5.32 Å². The van der Waals surface area contributed by atoms with Crippen LogP contribution in [0.15, 0.2) is 84.9 Å². The maximum absolute atomic E-state index is 3.87. The Balaban J connectivity index is 1.46. The zero-order valence-corrected chi connectivity index (χ0v) is 16.7. The Morgan fingerprint density at radius 2 is 1.57 bits per heavy atom. The fourth-order valence-electron chi connectivity index (χ4n) is 4.36. The molecule has 4 rings (SSSR count). The predicted molar refractivity (Wildman–Crippen MR) is 117 cm³/mol. The zero-order chi connectivity index (χ0) is 19.2. The first-order valence-electron chi connectivity index (χ1n) is 10.4. The minimum atomic E-state index is 0.509. The number of piperidine rings is 1. The number of hydrogen-bond donors (Lipinski definition) is 1. The van der Waals surface area contributed by atoms with Gasteiger partial charge in [0, 0.05) is 38.1 Å². The molecule has 3 aromatic carbocycles. The number of rotatable bonds is 6. The van der Waals surface area contributed by atoms with Crippen molar-refractivity contribution in [1.82, 2.24) is 10.2 Å². The van der Waals surface area contributed by atoms with Crippen LogP contribution in [-0.4, -0.2) is 24.0 Å². The topological polar surface area (TPSA) is 15.3 Å². The fraction of sp³-hybridized carbons (Fsp3) is 0.308. The Kier molecular flexibility index (Phi) is 6.20. The van der Waals surface area contributed by atoms with Crippen LogP contribution in [0, 0.1) is 6.92 Å². The number of likely N-dealkylation sites (tertiary alicyclic amines) is 1. The average Bonchev–Trinajstić information content (AvgIpc) is 2.74. The van der Waals surface area contributed by atoms with E-state index in [1.165, 1.54) is 28.7 Å². The van der Waals surface area contributed by atoms with Crippen molar-refractivity contribution >= 4 is 0 Å². The third-order valence-electron chi connectivity index (χ3n) is 5.82. The Morgan fingerprint density at radius 3 is 2.32 bits per heavy atom. The van der Waals surface area contributed by atoms with Crippen molar-refractivity contribution in [2.24, 2.45) is 0 Å². The highest BCUT2D eigenvalue weighted by Gasteiger charge is 2.30. The number of aryl methyl sites for hydroxylation is 1. The molecular weight excluding hydrogens is 340 g/mol. The molecule has 1 heterocycles. The first-order chi connectivity index (χ1) is 13.8. The Bertz CT molecular complexity index is 860. The summed E-state index contributed by atoms with van der Waals surface area (Å²) in [7, 11) is 0. The van der Waals surface area contributed by atoms with Gasteiger partial charge in [0.05, 0.1) is 0 Å². The van der Waals surface area contributed by atoms with Crippen LogP contribution in [-0.2, 0) is 13.1 Å². The van der Waals surface area contributed by atoms with Gasteiger partial charge in [0.15, 0.2) is 0 Å². The summed E-state index contributed by atoms with van der Waals surface area (Å²) in [6.07, 6.45) is 1.18. The summed E-state index contributed by atoms with van der Waals surface area (Å²) in [4.78, 5) is 2.61. The quantitative estimate of drug-likeness (QED) is 0.646. The van der Waals surface area contributed by atoms with E-state index < -0.39 is 0 Å². The molecule has 1 aliphatic heterocycles. The average molecular weight is 371 g/mol. The molecule has 0 bridgehead atoms. The molecule has 1 fully saturated rings. The molecule has 0 aromatic heterocycles. The van der Waals surface area contributed by atoms with E-state index in [-0.39, 0.29) is 0 Å². The van der Waals surface area contributed by atoms with E-state index in [4.69, 9.17) is 0 Å². The summed E-state index contributed by atoms with van der Waals surface area (Å²) in [6.45, 7) is 6.38. The van der Waals surface area contributed by atoms with Crippen LogP contribution in [0.1, 0.15) is 34.6 Å². The molecule has 3 aromatic rings. The van der Waals surface area contributed by atoms with E-state index in [0.29, 0.717) is 12.0 Å². The molecule has 2 nitrogen and oxygen atoms in total. The molecule has 0 unspecified atom stereocenters. The van der Waals surface area contributed by atoms with Crippen molar-refractivity contribution in [1.29, 1.82) is 0 Å². The second-order valence-corrected chi connectivity index (χ2v) is 8.00. The smallest absolute Gasteiger partial charge is 0.0234 e. The highest BCUT2D eigenvalue weighted by atomic mass is 15.1. The summed E-state index contributed by atoms with van der Waals surface area (Å²) >= 11 is 0. The van der Waals surface area contributed by atoms with Gasteiger partial charge in [0.25, 0.3) is 0 Å². The van der Waals surface area contributed by atoms with Gasteiger partial charge in [-0.15, -0.1) is 0 Å². The maximum atomic E-state index is 3.87. The van der Waals surface area contributed by atoms with E-state index in [1.54, 1.807) is 0 Å². The van der Waals surface area contributed by atoms with Gasteiger partial charge in [-0.2, -0.15) is 0 Å². The Labute approximate surface area is 169 Å². The minimum Gasteiger partial charge on any atom is -0.309 e. The molecular formula is C26H30N2. The third-order valence-corrected chi connectivity index (χ3v) is 5.82. The van der Waals surface area contributed by atoms with Crippen LogP contribution >= 0.6 is 0 Å². The van der Waals surface area contributed by atoms with Crippen molar-refractivity contribution in [3.05, 3.63) is 107 Å². The SMILES string of the molecule is Cc1cccc(CN[C@@H]2CCN(Cc3ccccc3)C[C@@H]2c2ccccc2)c1. The Morgan fingerprint density at radius 1 is 0.857 bits per heavy atom. The lowest BCUT2D eigenvalue weighted by Gasteiger charge is -2.39. The summed E-state index contributed by atoms with van der Waals surface area (Å²) in [6, 6.07) is 31.2. The van der Waals surface area contributed by atoms with Crippen LogP contribution < -0.4 is 5.32 Å². The van der Waals surface area contributed by atoms with Crippen molar-refractivity contribution in [2.45, 2.75) is 38.4 Å². The lowest BCUT2D eigenvalue weighted by atomic mass is 9.85. The van der Waals surface area contributed by atoms with E-state index in [0.717, 1.165) is 26.2 Å². The lowest BCUT2D eigenvalue weighted by molar-refractivity contribution is 0.166. The molecule has 144 valence electrons. The molecule has 1 N–H and O–H groups in total. The fourth-order valence-corrected chi connectivity index (χ4v) is 4.36. The van der Waals surface area contributed by atoms with Crippen molar-refractivity contribution < 1.29 is 0 Å². The minimum absolute atomic E-state index is 0.509. The predicted octanol–water partition coefficient (Wildman–Crippen LogP) is 5.14. The molecule has 2 atom stereocenters. The van der Waals surface area contributed by atoms with Crippen LogP contribution in [0.3, 0.4) is 0 Å².